The number of hydrogen-bond acceptors (Lipinski definition) is 6. The molecule has 2 aliphatic heterocycles. The summed E-state index contributed by atoms with van der Waals surface area (Å²) in [5.41, 5.74) is 3.28. The average Bonchev–Trinajstić information content (AvgIpc) is 3.43. The highest BCUT2D eigenvalue weighted by Crippen LogP contribution is 2.36. The number of amides is 1. The lowest BCUT2D eigenvalue weighted by Gasteiger charge is -2.42. The van der Waals surface area contributed by atoms with Crippen molar-refractivity contribution < 1.29 is 9.18 Å². The van der Waals surface area contributed by atoms with E-state index in [9.17, 15) is 9.18 Å². The van der Waals surface area contributed by atoms with E-state index in [1.807, 2.05) is 43.5 Å². The Morgan fingerprint density at radius 2 is 1.97 bits per heavy atom. The SMILES string of the molecule is Cc1cn2cc(NC(=O)c3cnc(N4CC(CN5CC[C@H](F)C5c5ccccc5)C4)cn3)cc(Cl)c2n1. The van der Waals surface area contributed by atoms with Crippen LogP contribution in [0.25, 0.3) is 5.65 Å². The van der Waals surface area contributed by atoms with E-state index < -0.39 is 6.17 Å². The van der Waals surface area contributed by atoms with Crippen molar-refractivity contribution in [1.82, 2.24) is 24.3 Å². The summed E-state index contributed by atoms with van der Waals surface area (Å²) in [7, 11) is 0. The van der Waals surface area contributed by atoms with E-state index in [1.165, 1.54) is 6.20 Å². The predicted octanol–water partition coefficient (Wildman–Crippen LogP) is 4.56. The van der Waals surface area contributed by atoms with Crippen LogP contribution in [-0.2, 0) is 0 Å². The van der Waals surface area contributed by atoms with E-state index in [0.29, 0.717) is 28.7 Å². The molecule has 5 heterocycles. The number of hydrogen-bond donors (Lipinski definition) is 1. The lowest BCUT2D eigenvalue weighted by atomic mass is 9.97. The molecule has 0 spiro atoms. The van der Waals surface area contributed by atoms with Crippen molar-refractivity contribution in [2.45, 2.75) is 25.6 Å². The van der Waals surface area contributed by atoms with Crippen molar-refractivity contribution >= 4 is 34.7 Å². The van der Waals surface area contributed by atoms with Gasteiger partial charge in [0.05, 0.1) is 34.8 Å². The van der Waals surface area contributed by atoms with Crippen LogP contribution in [0, 0.1) is 12.8 Å². The number of alkyl halides is 1. The van der Waals surface area contributed by atoms with Crippen LogP contribution in [0.4, 0.5) is 15.9 Å². The molecule has 0 aliphatic carbocycles. The number of fused-ring (bicyclic) bond motifs is 1. The van der Waals surface area contributed by atoms with E-state index in [-0.39, 0.29) is 17.6 Å². The zero-order chi connectivity index (χ0) is 25.5. The minimum atomic E-state index is -0.829. The second-order valence-electron chi connectivity index (χ2n) is 9.83. The van der Waals surface area contributed by atoms with Crippen molar-refractivity contribution in [1.29, 1.82) is 0 Å². The fraction of sp³-hybridized carbons (Fsp3) is 0.333. The molecule has 0 radical (unpaired) electrons. The summed E-state index contributed by atoms with van der Waals surface area (Å²) in [5, 5.41) is 3.27. The van der Waals surface area contributed by atoms with Gasteiger partial charge in [-0.3, -0.25) is 9.69 Å². The number of nitrogens with one attached hydrogen (secondary N) is 1. The smallest absolute Gasteiger partial charge is 0.275 e. The zero-order valence-corrected chi connectivity index (χ0v) is 21.1. The second kappa shape index (κ2) is 9.72. The van der Waals surface area contributed by atoms with Gasteiger partial charge in [0.25, 0.3) is 5.91 Å². The summed E-state index contributed by atoms with van der Waals surface area (Å²) in [6.45, 7) is 5.18. The average molecular weight is 520 g/mol. The van der Waals surface area contributed by atoms with Crippen molar-refractivity contribution in [3.63, 3.8) is 0 Å². The number of carbonyl (C=O) groups excluding carboxylic acids is 1. The molecule has 6 rings (SSSR count). The first-order chi connectivity index (χ1) is 17.9. The summed E-state index contributed by atoms with van der Waals surface area (Å²) >= 11 is 6.30. The first kappa shape index (κ1) is 23.8. The maximum absolute atomic E-state index is 14.7. The summed E-state index contributed by atoms with van der Waals surface area (Å²) in [6, 6.07) is 11.4. The molecule has 2 atom stereocenters. The molecule has 1 unspecified atom stereocenters. The van der Waals surface area contributed by atoms with E-state index in [1.54, 1.807) is 22.9 Å². The standard InChI is InChI=1S/C27H27ClFN7O/c1-17-12-36-16-20(9-21(28)26(36)32-17)33-27(37)23-10-31-24(11-30-23)35-14-18(15-35)13-34-8-7-22(29)25(34)19-5-3-2-4-6-19/h2-6,9-12,16,18,22,25H,7-8,13-15H2,1H3,(H,33,37)/t22-,25?/m0/s1. The second-order valence-corrected chi connectivity index (χ2v) is 10.2. The zero-order valence-electron chi connectivity index (χ0n) is 20.4. The molecule has 190 valence electrons. The molecule has 37 heavy (non-hydrogen) atoms. The van der Waals surface area contributed by atoms with Gasteiger partial charge in [-0.25, -0.2) is 19.3 Å². The number of anilines is 2. The molecule has 2 fully saturated rings. The van der Waals surface area contributed by atoms with Crippen molar-refractivity contribution in [2.75, 3.05) is 36.4 Å². The van der Waals surface area contributed by atoms with Crippen LogP contribution < -0.4 is 10.2 Å². The van der Waals surface area contributed by atoms with Gasteiger partial charge in [-0.15, -0.1) is 0 Å². The lowest BCUT2D eigenvalue weighted by Crippen LogP contribution is -2.52. The Bertz CT molecular complexity index is 1420. The molecule has 8 nitrogen and oxygen atoms in total. The summed E-state index contributed by atoms with van der Waals surface area (Å²) in [6.07, 6.45) is 6.46. The highest BCUT2D eigenvalue weighted by molar-refractivity contribution is 6.33. The topological polar surface area (TPSA) is 78.7 Å². The largest absolute Gasteiger partial charge is 0.355 e. The van der Waals surface area contributed by atoms with Gasteiger partial charge in [0.15, 0.2) is 5.65 Å². The number of benzene rings is 1. The molecule has 1 N–H and O–H groups in total. The van der Waals surface area contributed by atoms with E-state index in [4.69, 9.17) is 11.6 Å². The third-order valence-corrected chi connectivity index (χ3v) is 7.38. The Kier molecular flexibility index (Phi) is 6.26. The molecule has 1 amide bonds. The number of carbonyl (C=O) groups is 1. The number of pyridine rings is 1. The van der Waals surface area contributed by atoms with Gasteiger partial charge in [-0.05, 0) is 25.0 Å². The molecule has 4 aromatic rings. The fourth-order valence-corrected chi connectivity index (χ4v) is 5.60. The molecule has 3 aromatic heterocycles. The Labute approximate surface area is 219 Å². The molecule has 2 saturated heterocycles. The number of halogens is 2. The van der Waals surface area contributed by atoms with Gasteiger partial charge >= 0.3 is 0 Å². The minimum absolute atomic E-state index is 0.166. The number of nitrogens with zero attached hydrogens (tertiary/aromatic N) is 6. The lowest BCUT2D eigenvalue weighted by molar-refractivity contribution is 0.102. The molecular weight excluding hydrogens is 493 g/mol. The Morgan fingerprint density at radius 3 is 2.73 bits per heavy atom. The van der Waals surface area contributed by atoms with Crippen LogP contribution in [-0.4, -0.2) is 62.5 Å². The van der Waals surface area contributed by atoms with Gasteiger partial charge in [-0.2, -0.15) is 0 Å². The fourth-order valence-electron chi connectivity index (χ4n) is 5.34. The van der Waals surface area contributed by atoms with Gasteiger partial charge in [0.1, 0.15) is 17.7 Å². The normalized spacial score (nSPS) is 20.4. The number of likely N-dealkylation sites (tertiary alicyclic amines) is 1. The van der Waals surface area contributed by atoms with Gasteiger partial charge < -0.3 is 14.6 Å². The Hall–Kier alpha value is -3.56. The van der Waals surface area contributed by atoms with Crippen molar-refractivity contribution in [3.8, 4) is 0 Å². The number of rotatable bonds is 6. The summed E-state index contributed by atoms with van der Waals surface area (Å²) in [4.78, 5) is 30.3. The predicted molar refractivity (Wildman–Crippen MR) is 141 cm³/mol. The van der Waals surface area contributed by atoms with Crippen LogP contribution in [0.3, 0.4) is 0 Å². The maximum Gasteiger partial charge on any atom is 0.275 e. The maximum atomic E-state index is 14.7. The van der Waals surface area contributed by atoms with Gasteiger partial charge in [-0.1, -0.05) is 41.9 Å². The molecule has 10 heteroatoms. The highest BCUT2D eigenvalue weighted by atomic mass is 35.5. The molecule has 0 saturated carbocycles. The van der Waals surface area contributed by atoms with Crippen molar-refractivity contribution in [2.24, 2.45) is 5.92 Å². The Morgan fingerprint density at radius 1 is 1.16 bits per heavy atom. The quantitative estimate of drug-likeness (QED) is 0.402. The van der Waals surface area contributed by atoms with Crippen LogP contribution in [0.5, 0.6) is 0 Å². The first-order valence-corrected chi connectivity index (χ1v) is 12.8. The monoisotopic (exact) mass is 519 g/mol. The molecule has 0 bridgehead atoms. The minimum Gasteiger partial charge on any atom is -0.355 e. The highest BCUT2D eigenvalue weighted by Gasteiger charge is 2.39. The number of aromatic nitrogens is 4. The molecule has 2 aliphatic rings. The van der Waals surface area contributed by atoms with Crippen molar-refractivity contribution in [3.05, 3.63) is 83.2 Å². The van der Waals surface area contributed by atoms with Gasteiger partial charge in [0, 0.05) is 44.5 Å². The molecule has 1 aromatic carbocycles. The first-order valence-electron chi connectivity index (χ1n) is 12.4. The van der Waals surface area contributed by atoms with Crippen LogP contribution in [0.2, 0.25) is 5.02 Å². The van der Waals surface area contributed by atoms with E-state index in [0.717, 1.165) is 43.3 Å². The summed E-state index contributed by atoms with van der Waals surface area (Å²) < 4.78 is 16.4. The van der Waals surface area contributed by atoms with E-state index in [2.05, 4.69) is 30.1 Å². The van der Waals surface area contributed by atoms with Gasteiger partial charge in [0.2, 0.25) is 0 Å². The van der Waals surface area contributed by atoms with Crippen LogP contribution in [0.1, 0.15) is 34.2 Å². The van der Waals surface area contributed by atoms with Crippen LogP contribution in [0.15, 0.2) is 61.2 Å². The molecular formula is C27H27ClFN7O. The number of imidazole rings is 1. The number of aryl methyl sites for hydroxylation is 1. The van der Waals surface area contributed by atoms with Crippen LogP contribution >= 0.6 is 11.6 Å². The third-order valence-electron chi connectivity index (χ3n) is 7.10. The van der Waals surface area contributed by atoms with E-state index >= 15 is 0 Å². The third kappa shape index (κ3) is 4.76. The summed E-state index contributed by atoms with van der Waals surface area (Å²) in [5.74, 6) is 0.804. The Balaban J connectivity index is 1.05.